The van der Waals surface area contributed by atoms with Crippen molar-refractivity contribution in [1.82, 2.24) is 15.1 Å². The zero-order valence-corrected chi connectivity index (χ0v) is 21.2. The molecule has 5 N–H and O–H groups in total. The lowest BCUT2D eigenvalue weighted by molar-refractivity contribution is -0.114. The van der Waals surface area contributed by atoms with Gasteiger partial charge in [0.25, 0.3) is 5.91 Å². The van der Waals surface area contributed by atoms with Crippen LogP contribution in [0.5, 0.6) is 11.5 Å². The number of carbonyl (C=O) groups is 1. The molecule has 0 atom stereocenters. The third-order valence-corrected chi connectivity index (χ3v) is 6.31. The van der Waals surface area contributed by atoms with E-state index in [0.29, 0.717) is 17.7 Å². The smallest absolute Gasteiger partial charge is 0.287 e. The monoisotopic (exact) mass is 498 g/mol. The van der Waals surface area contributed by atoms with Gasteiger partial charge in [0, 0.05) is 50.9 Å². The second-order valence-electron chi connectivity index (χ2n) is 9.33. The van der Waals surface area contributed by atoms with Crippen LogP contribution in [-0.4, -0.2) is 77.4 Å². The molecule has 0 spiro atoms. The van der Waals surface area contributed by atoms with Gasteiger partial charge >= 0.3 is 0 Å². The number of carbonyl (C=O) groups excluding carboxylic acids is 1. The Hall–Kier alpha value is -3.50. The van der Waals surface area contributed by atoms with Crippen molar-refractivity contribution in [3.8, 4) is 11.5 Å². The topological polar surface area (TPSA) is 127 Å². The lowest BCUT2D eigenvalue weighted by atomic mass is 9.98. The van der Waals surface area contributed by atoms with Crippen molar-refractivity contribution >= 4 is 23.3 Å². The Bertz CT molecular complexity index is 1140. The first-order valence-corrected chi connectivity index (χ1v) is 12.0. The van der Waals surface area contributed by atoms with Gasteiger partial charge in [0.05, 0.1) is 11.3 Å². The predicted molar refractivity (Wildman–Crippen MR) is 139 cm³/mol. The molecule has 1 saturated heterocycles. The summed E-state index contributed by atoms with van der Waals surface area (Å²) in [4.78, 5) is 17.9. The summed E-state index contributed by atoms with van der Waals surface area (Å²) in [6, 6.07) is 6.96. The molecular formula is C26H35FN6O3. The van der Waals surface area contributed by atoms with Crippen molar-refractivity contribution in [2.75, 3.05) is 44.7 Å². The normalized spacial score (nSPS) is 14.6. The average Bonchev–Trinajstić information content (AvgIpc) is 2.82. The van der Waals surface area contributed by atoms with E-state index in [1.54, 1.807) is 19.1 Å². The highest BCUT2D eigenvalue weighted by molar-refractivity contribution is 6.48. The maximum atomic E-state index is 15.2. The van der Waals surface area contributed by atoms with Crippen molar-refractivity contribution in [2.45, 2.75) is 33.2 Å². The summed E-state index contributed by atoms with van der Waals surface area (Å²) in [5, 5.41) is 40.5. The zero-order chi connectivity index (χ0) is 26.6. The molecule has 9 nitrogen and oxygen atoms in total. The number of likely N-dealkylation sites (N-methyl/N-ethyl adjacent to an activating group) is 2. The van der Waals surface area contributed by atoms with Crippen molar-refractivity contribution in [3.05, 3.63) is 52.8 Å². The van der Waals surface area contributed by atoms with E-state index in [1.807, 2.05) is 13.8 Å². The third kappa shape index (κ3) is 6.00. The minimum absolute atomic E-state index is 0.00692. The SMILES string of the molecule is CCNC(=O)C(=N)N(C(=N)c1cc(C(C)C)c(O)cc1O)c1ccc(CN2CCN(C)CC2)c(F)c1. The Morgan fingerprint density at radius 2 is 1.78 bits per heavy atom. The number of nitrogens with one attached hydrogen (secondary N) is 3. The average molecular weight is 499 g/mol. The van der Waals surface area contributed by atoms with Crippen molar-refractivity contribution in [2.24, 2.45) is 0 Å². The molecule has 0 aliphatic carbocycles. The molecule has 1 aliphatic heterocycles. The summed E-state index contributed by atoms with van der Waals surface area (Å²) in [7, 11) is 2.05. The number of piperazine rings is 1. The van der Waals surface area contributed by atoms with Gasteiger partial charge in [-0.25, -0.2) is 4.39 Å². The molecule has 0 bridgehead atoms. The number of phenols is 2. The number of amidine groups is 2. The van der Waals surface area contributed by atoms with Crippen LogP contribution in [0.4, 0.5) is 10.1 Å². The minimum atomic E-state index is -0.744. The maximum absolute atomic E-state index is 15.2. The molecule has 1 fully saturated rings. The molecule has 36 heavy (non-hydrogen) atoms. The first-order valence-electron chi connectivity index (χ1n) is 12.0. The molecule has 10 heteroatoms. The number of anilines is 1. The van der Waals surface area contributed by atoms with Crippen LogP contribution in [0.2, 0.25) is 0 Å². The van der Waals surface area contributed by atoms with E-state index >= 15 is 4.39 Å². The second kappa shape index (κ2) is 11.5. The van der Waals surface area contributed by atoms with Gasteiger partial charge in [-0.05, 0) is 43.7 Å². The number of hydrogen-bond acceptors (Lipinski definition) is 7. The predicted octanol–water partition coefficient (Wildman–Crippen LogP) is 3.05. The van der Waals surface area contributed by atoms with E-state index in [9.17, 15) is 15.0 Å². The molecule has 0 saturated carbocycles. The van der Waals surface area contributed by atoms with Gasteiger partial charge < -0.3 is 20.4 Å². The van der Waals surface area contributed by atoms with Gasteiger partial charge in [0.15, 0.2) is 5.84 Å². The van der Waals surface area contributed by atoms with Gasteiger partial charge in [-0.2, -0.15) is 0 Å². The van der Waals surface area contributed by atoms with Crippen molar-refractivity contribution < 1.29 is 19.4 Å². The van der Waals surface area contributed by atoms with Crippen molar-refractivity contribution in [3.63, 3.8) is 0 Å². The largest absolute Gasteiger partial charge is 0.508 e. The first kappa shape index (κ1) is 27.1. The molecule has 194 valence electrons. The highest BCUT2D eigenvalue weighted by Crippen LogP contribution is 2.34. The Morgan fingerprint density at radius 3 is 2.36 bits per heavy atom. The third-order valence-electron chi connectivity index (χ3n) is 6.31. The number of phenolic OH excluding ortho intramolecular Hbond substituents is 2. The highest BCUT2D eigenvalue weighted by atomic mass is 19.1. The van der Waals surface area contributed by atoms with Crippen LogP contribution in [0.3, 0.4) is 0 Å². The van der Waals surface area contributed by atoms with Crippen LogP contribution in [0.1, 0.15) is 43.4 Å². The summed E-state index contributed by atoms with van der Waals surface area (Å²) < 4.78 is 15.2. The Labute approximate surface area is 211 Å². The fraction of sp³-hybridized carbons (Fsp3) is 0.423. The summed E-state index contributed by atoms with van der Waals surface area (Å²) >= 11 is 0. The van der Waals surface area contributed by atoms with Crippen LogP contribution in [0.15, 0.2) is 30.3 Å². The van der Waals surface area contributed by atoms with Gasteiger partial charge in [-0.1, -0.05) is 19.9 Å². The molecule has 2 aromatic carbocycles. The van der Waals surface area contributed by atoms with E-state index in [-0.39, 0.29) is 35.2 Å². The minimum Gasteiger partial charge on any atom is -0.508 e. The summed E-state index contributed by atoms with van der Waals surface area (Å²) in [6.07, 6.45) is 0. The molecule has 3 rings (SSSR count). The Morgan fingerprint density at radius 1 is 1.11 bits per heavy atom. The summed E-state index contributed by atoms with van der Waals surface area (Å²) in [6.45, 7) is 9.57. The first-order chi connectivity index (χ1) is 17.0. The Kier molecular flexibility index (Phi) is 8.65. The van der Waals surface area contributed by atoms with E-state index in [4.69, 9.17) is 10.8 Å². The number of rotatable bonds is 6. The van der Waals surface area contributed by atoms with Crippen LogP contribution in [-0.2, 0) is 11.3 Å². The van der Waals surface area contributed by atoms with E-state index in [2.05, 4.69) is 22.2 Å². The van der Waals surface area contributed by atoms with Crippen LogP contribution in [0.25, 0.3) is 0 Å². The lowest BCUT2D eigenvalue weighted by Gasteiger charge is -2.32. The fourth-order valence-electron chi connectivity index (χ4n) is 4.13. The highest BCUT2D eigenvalue weighted by Gasteiger charge is 2.28. The van der Waals surface area contributed by atoms with E-state index in [1.165, 1.54) is 12.1 Å². The van der Waals surface area contributed by atoms with Crippen LogP contribution in [0, 0.1) is 16.6 Å². The van der Waals surface area contributed by atoms with E-state index < -0.39 is 23.4 Å². The number of benzene rings is 2. The number of nitrogens with zero attached hydrogens (tertiary/aromatic N) is 3. The molecule has 0 aromatic heterocycles. The zero-order valence-electron chi connectivity index (χ0n) is 21.2. The molecular weight excluding hydrogens is 463 g/mol. The quantitative estimate of drug-likeness (QED) is 0.308. The maximum Gasteiger partial charge on any atom is 0.287 e. The standard InChI is InChI=1S/C26H35FN6O3/c1-5-30-26(36)25(29)33(24(28)20-13-19(16(2)3)22(34)14-23(20)35)18-7-6-17(21(27)12-18)15-32-10-8-31(4)9-11-32/h6-7,12-14,16,28-29,34-35H,5,8-11,15H2,1-4H3,(H,30,36). The van der Waals surface area contributed by atoms with Gasteiger partial charge in [-0.15, -0.1) is 0 Å². The number of halogens is 1. The molecule has 1 aliphatic rings. The molecule has 0 unspecified atom stereocenters. The van der Waals surface area contributed by atoms with Gasteiger partial charge in [0.1, 0.15) is 23.2 Å². The fourth-order valence-corrected chi connectivity index (χ4v) is 4.13. The lowest BCUT2D eigenvalue weighted by Crippen LogP contribution is -2.46. The van der Waals surface area contributed by atoms with Crippen LogP contribution < -0.4 is 10.2 Å². The number of hydrogen-bond donors (Lipinski definition) is 5. The van der Waals surface area contributed by atoms with E-state index in [0.717, 1.165) is 37.1 Å². The molecule has 0 radical (unpaired) electrons. The molecule has 1 heterocycles. The Balaban J connectivity index is 1.99. The van der Waals surface area contributed by atoms with Gasteiger partial charge in [-0.3, -0.25) is 25.4 Å². The molecule has 1 amide bonds. The summed E-state index contributed by atoms with van der Waals surface area (Å²) in [5.74, 6) is -2.85. The van der Waals surface area contributed by atoms with Crippen molar-refractivity contribution in [1.29, 1.82) is 10.8 Å². The number of amides is 1. The number of aromatic hydroxyl groups is 2. The molecule has 2 aromatic rings. The van der Waals surface area contributed by atoms with Gasteiger partial charge in [0.2, 0.25) is 0 Å². The second-order valence-corrected chi connectivity index (χ2v) is 9.33. The summed E-state index contributed by atoms with van der Waals surface area (Å²) in [5.41, 5.74) is 1.08. The van der Waals surface area contributed by atoms with Crippen LogP contribution >= 0.6 is 0 Å².